The Kier molecular flexibility index (Phi) is 4.79. The van der Waals surface area contributed by atoms with Crippen molar-refractivity contribution in [2.24, 2.45) is 0 Å². The first-order valence-corrected chi connectivity index (χ1v) is 10.3. The standard InChI is InChI=1S/C29H18N2O/c30-19-21(20-31)17-22-18-28-27(26-14-8-7-13-25(22)26)15-16-29(32-28,23-9-3-1-4-10-23)24-11-5-2-6-12-24/h1-18H. The number of allylic oxidation sites excluding steroid dienone is 1. The maximum Gasteiger partial charge on any atom is 0.178 e. The third-order valence-electron chi connectivity index (χ3n) is 5.78. The van der Waals surface area contributed by atoms with Gasteiger partial charge in [0, 0.05) is 16.7 Å². The van der Waals surface area contributed by atoms with Gasteiger partial charge in [-0.1, -0.05) is 84.9 Å². The lowest BCUT2D eigenvalue weighted by molar-refractivity contribution is 0.161. The zero-order valence-electron chi connectivity index (χ0n) is 17.2. The number of hydrogen-bond acceptors (Lipinski definition) is 3. The van der Waals surface area contributed by atoms with Gasteiger partial charge in [-0.25, -0.2) is 0 Å². The second kappa shape index (κ2) is 7.91. The molecule has 5 rings (SSSR count). The summed E-state index contributed by atoms with van der Waals surface area (Å²) in [6.07, 6.45) is 5.85. The molecule has 4 aromatic rings. The van der Waals surface area contributed by atoms with Gasteiger partial charge in [-0.3, -0.25) is 0 Å². The van der Waals surface area contributed by atoms with Gasteiger partial charge >= 0.3 is 0 Å². The van der Waals surface area contributed by atoms with E-state index in [1.807, 2.05) is 78.9 Å². The number of ether oxygens (including phenoxy) is 1. The van der Waals surface area contributed by atoms with Crippen molar-refractivity contribution in [1.29, 1.82) is 10.5 Å². The normalized spacial score (nSPS) is 13.3. The highest BCUT2D eigenvalue weighted by molar-refractivity contribution is 5.99. The van der Waals surface area contributed by atoms with Crippen LogP contribution in [-0.2, 0) is 5.60 Å². The first-order chi connectivity index (χ1) is 15.7. The number of nitriles is 2. The molecule has 0 saturated heterocycles. The van der Waals surface area contributed by atoms with Crippen LogP contribution in [-0.4, -0.2) is 0 Å². The van der Waals surface area contributed by atoms with Crippen molar-refractivity contribution in [1.82, 2.24) is 0 Å². The van der Waals surface area contributed by atoms with Gasteiger partial charge in [0.15, 0.2) is 5.60 Å². The molecular formula is C29H18N2O. The minimum Gasteiger partial charge on any atom is -0.473 e. The predicted molar refractivity (Wildman–Crippen MR) is 126 cm³/mol. The summed E-state index contributed by atoms with van der Waals surface area (Å²) in [6.45, 7) is 0. The fraction of sp³-hybridized carbons (Fsp3) is 0.0345. The van der Waals surface area contributed by atoms with E-state index >= 15 is 0 Å². The molecule has 0 N–H and O–H groups in total. The number of nitrogens with zero attached hydrogens (tertiary/aromatic N) is 2. The van der Waals surface area contributed by atoms with Crippen molar-refractivity contribution in [3.05, 3.63) is 125 Å². The molecule has 0 bridgehead atoms. The van der Waals surface area contributed by atoms with Crippen molar-refractivity contribution in [2.45, 2.75) is 5.60 Å². The minimum absolute atomic E-state index is 0.0545. The summed E-state index contributed by atoms with van der Waals surface area (Å²) in [4.78, 5) is 0. The summed E-state index contributed by atoms with van der Waals surface area (Å²) in [7, 11) is 0. The average molecular weight is 410 g/mol. The van der Waals surface area contributed by atoms with Crippen LogP contribution in [0.5, 0.6) is 5.75 Å². The van der Waals surface area contributed by atoms with Crippen LogP contribution in [0.2, 0.25) is 0 Å². The van der Waals surface area contributed by atoms with E-state index in [2.05, 4.69) is 36.4 Å². The Hall–Kier alpha value is -4.60. The van der Waals surface area contributed by atoms with Crippen LogP contribution in [0.15, 0.2) is 103 Å². The van der Waals surface area contributed by atoms with Crippen LogP contribution in [0.3, 0.4) is 0 Å². The van der Waals surface area contributed by atoms with Gasteiger partial charge < -0.3 is 4.74 Å². The Morgan fingerprint density at radius 2 is 1.31 bits per heavy atom. The molecule has 3 heteroatoms. The second-order valence-corrected chi connectivity index (χ2v) is 7.61. The zero-order valence-corrected chi connectivity index (χ0v) is 17.2. The maximum atomic E-state index is 9.30. The molecule has 150 valence electrons. The van der Waals surface area contributed by atoms with Crippen LogP contribution in [0.1, 0.15) is 22.3 Å². The summed E-state index contributed by atoms with van der Waals surface area (Å²) in [5.41, 5.74) is 3.07. The van der Waals surface area contributed by atoms with E-state index < -0.39 is 5.60 Å². The number of rotatable bonds is 3. The van der Waals surface area contributed by atoms with Crippen LogP contribution >= 0.6 is 0 Å². The van der Waals surface area contributed by atoms with Gasteiger partial charge in [-0.05, 0) is 40.6 Å². The molecule has 1 aliphatic rings. The van der Waals surface area contributed by atoms with E-state index in [-0.39, 0.29) is 5.57 Å². The lowest BCUT2D eigenvalue weighted by atomic mass is 9.83. The molecule has 1 aliphatic heterocycles. The Bertz CT molecular complexity index is 1400. The molecule has 0 aromatic heterocycles. The van der Waals surface area contributed by atoms with Crippen LogP contribution in [0.4, 0.5) is 0 Å². The molecule has 0 saturated carbocycles. The lowest BCUT2D eigenvalue weighted by Gasteiger charge is -2.36. The molecule has 0 amide bonds. The molecule has 0 radical (unpaired) electrons. The Labute approximate surface area is 186 Å². The van der Waals surface area contributed by atoms with E-state index in [1.54, 1.807) is 6.08 Å². The van der Waals surface area contributed by atoms with Gasteiger partial charge in [0.2, 0.25) is 0 Å². The van der Waals surface area contributed by atoms with Crippen LogP contribution in [0, 0.1) is 22.7 Å². The van der Waals surface area contributed by atoms with Gasteiger partial charge in [0.25, 0.3) is 0 Å². The van der Waals surface area contributed by atoms with Crippen molar-refractivity contribution < 1.29 is 4.74 Å². The highest BCUT2D eigenvalue weighted by Crippen LogP contribution is 2.45. The average Bonchev–Trinajstić information content (AvgIpc) is 2.88. The number of hydrogen-bond donors (Lipinski definition) is 0. The van der Waals surface area contributed by atoms with E-state index in [0.717, 1.165) is 33.0 Å². The lowest BCUT2D eigenvalue weighted by Crippen LogP contribution is -2.34. The highest BCUT2D eigenvalue weighted by Gasteiger charge is 2.37. The monoisotopic (exact) mass is 410 g/mol. The molecule has 32 heavy (non-hydrogen) atoms. The van der Waals surface area contributed by atoms with Gasteiger partial charge in [0.1, 0.15) is 23.5 Å². The molecule has 0 spiro atoms. The molecule has 4 aromatic carbocycles. The summed E-state index contributed by atoms with van der Waals surface area (Å²) in [6, 6.07) is 34.1. The van der Waals surface area contributed by atoms with E-state index in [9.17, 15) is 10.5 Å². The van der Waals surface area contributed by atoms with E-state index in [1.165, 1.54) is 0 Å². The SMILES string of the molecule is N#CC(C#N)=Cc1cc2c(c3ccccc13)C=CC(c1ccccc1)(c1ccccc1)O2. The van der Waals surface area contributed by atoms with Crippen LogP contribution in [0.25, 0.3) is 22.9 Å². The smallest absolute Gasteiger partial charge is 0.178 e. The van der Waals surface area contributed by atoms with Crippen molar-refractivity contribution in [3.63, 3.8) is 0 Å². The number of benzene rings is 4. The van der Waals surface area contributed by atoms with Crippen molar-refractivity contribution in [3.8, 4) is 17.9 Å². The fourth-order valence-electron chi connectivity index (χ4n) is 4.28. The van der Waals surface area contributed by atoms with Gasteiger partial charge in [-0.2, -0.15) is 10.5 Å². The molecule has 3 nitrogen and oxygen atoms in total. The maximum absolute atomic E-state index is 9.30. The highest BCUT2D eigenvalue weighted by atomic mass is 16.5. The summed E-state index contributed by atoms with van der Waals surface area (Å²) in [5.74, 6) is 0.709. The first kappa shape index (κ1) is 19.4. The third kappa shape index (κ3) is 3.14. The van der Waals surface area contributed by atoms with Gasteiger partial charge in [0.05, 0.1) is 0 Å². The first-order valence-electron chi connectivity index (χ1n) is 10.3. The Morgan fingerprint density at radius 1 is 0.750 bits per heavy atom. The van der Waals surface area contributed by atoms with E-state index in [0.29, 0.717) is 5.75 Å². The summed E-state index contributed by atoms with van der Waals surface area (Å²) in [5, 5.41) is 20.6. The fourth-order valence-corrected chi connectivity index (χ4v) is 4.28. The van der Waals surface area contributed by atoms with E-state index in [4.69, 9.17) is 4.74 Å². The largest absolute Gasteiger partial charge is 0.473 e. The topological polar surface area (TPSA) is 56.8 Å². The van der Waals surface area contributed by atoms with Crippen molar-refractivity contribution >= 4 is 22.9 Å². The second-order valence-electron chi connectivity index (χ2n) is 7.61. The quantitative estimate of drug-likeness (QED) is 0.357. The Balaban J connectivity index is 1.78. The molecular weight excluding hydrogens is 392 g/mol. The van der Waals surface area contributed by atoms with Crippen molar-refractivity contribution in [2.75, 3.05) is 0 Å². The predicted octanol–water partition coefficient (Wildman–Crippen LogP) is 6.62. The molecule has 0 unspecified atom stereocenters. The molecule has 1 heterocycles. The Morgan fingerprint density at radius 3 is 1.91 bits per heavy atom. The van der Waals surface area contributed by atoms with Gasteiger partial charge in [-0.15, -0.1) is 0 Å². The molecule has 0 aliphatic carbocycles. The number of fused-ring (bicyclic) bond motifs is 3. The van der Waals surface area contributed by atoms with Crippen LogP contribution < -0.4 is 4.74 Å². The molecule has 0 fully saturated rings. The zero-order chi connectivity index (χ0) is 22.0. The molecule has 0 atom stereocenters. The third-order valence-corrected chi connectivity index (χ3v) is 5.78. The summed E-state index contributed by atoms with van der Waals surface area (Å²) >= 11 is 0. The minimum atomic E-state index is -0.785. The summed E-state index contributed by atoms with van der Waals surface area (Å²) < 4.78 is 6.81.